The average molecular weight is 403 g/mol. The van der Waals surface area contributed by atoms with Crippen molar-refractivity contribution in [1.82, 2.24) is 20.5 Å². The third-order valence-electron chi connectivity index (χ3n) is 4.76. The summed E-state index contributed by atoms with van der Waals surface area (Å²) in [4.78, 5) is 16.1. The number of alkyl halides is 3. The predicted octanol–water partition coefficient (Wildman–Crippen LogP) is 3.11. The lowest BCUT2D eigenvalue weighted by Gasteiger charge is -2.23. The maximum absolute atomic E-state index is 12.9. The molecule has 10 heteroatoms. The Morgan fingerprint density at radius 3 is 2.72 bits per heavy atom. The molecule has 1 aromatic carbocycles. The van der Waals surface area contributed by atoms with Crippen LogP contribution in [-0.4, -0.2) is 38.8 Å². The summed E-state index contributed by atoms with van der Waals surface area (Å²) in [7, 11) is 0. The fraction of sp³-hybridized carbons (Fsp3) is 0.263. The van der Waals surface area contributed by atoms with E-state index in [1.807, 2.05) is 0 Å². The van der Waals surface area contributed by atoms with Crippen molar-refractivity contribution in [3.05, 3.63) is 42.2 Å². The maximum atomic E-state index is 12.9. The highest BCUT2D eigenvalue weighted by Crippen LogP contribution is 2.38. The van der Waals surface area contributed by atoms with Gasteiger partial charge in [0.25, 0.3) is 0 Å². The number of aromatic hydroxyl groups is 1. The van der Waals surface area contributed by atoms with Crippen molar-refractivity contribution in [3.63, 3.8) is 0 Å². The van der Waals surface area contributed by atoms with E-state index in [0.717, 1.165) is 18.6 Å². The molecule has 4 rings (SSSR count). The number of benzene rings is 1. The zero-order chi connectivity index (χ0) is 20.6. The number of halogens is 3. The Morgan fingerprint density at radius 1 is 1.17 bits per heavy atom. The number of rotatable bonds is 3. The highest BCUT2D eigenvalue weighted by Gasteiger charge is 2.31. The highest BCUT2D eigenvalue weighted by molar-refractivity contribution is 6.01. The van der Waals surface area contributed by atoms with E-state index in [2.05, 4.69) is 25.8 Å². The van der Waals surface area contributed by atoms with Gasteiger partial charge in [-0.1, -0.05) is 0 Å². The Hall–Kier alpha value is -3.43. The summed E-state index contributed by atoms with van der Waals surface area (Å²) in [5.74, 6) is -0.357. The number of hydrogen-bond acceptors (Lipinski definition) is 6. The van der Waals surface area contributed by atoms with Gasteiger partial charge in [0.05, 0.1) is 5.56 Å². The van der Waals surface area contributed by atoms with Gasteiger partial charge in [-0.2, -0.15) is 13.2 Å². The average Bonchev–Trinajstić information content (AvgIpc) is 2.69. The van der Waals surface area contributed by atoms with E-state index in [0.29, 0.717) is 35.6 Å². The number of amides is 1. The molecule has 3 N–H and O–H groups in total. The highest BCUT2D eigenvalue weighted by atomic mass is 19.4. The number of piperidine rings is 1. The topological polar surface area (TPSA) is 100 Å². The van der Waals surface area contributed by atoms with Crippen molar-refractivity contribution >= 4 is 22.5 Å². The van der Waals surface area contributed by atoms with Gasteiger partial charge in [0.15, 0.2) is 5.82 Å². The largest absolute Gasteiger partial charge is 0.507 e. The minimum Gasteiger partial charge on any atom is -0.507 e. The third-order valence-corrected chi connectivity index (χ3v) is 4.76. The summed E-state index contributed by atoms with van der Waals surface area (Å²) in [5.41, 5.74) is -0.629. The van der Waals surface area contributed by atoms with Crippen LogP contribution in [-0.2, 0) is 11.0 Å². The molecule has 1 aliphatic rings. The van der Waals surface area contributed by atoms with Crippen LogP contribution in [0.3, 0.4) is 0 Å². The summed E-state index contributed by atoms with van der Waals surface area (Å²) in [6.45, 7) is 0.622. The molecule has 0 spiro atoms. The van der Waals surface area contributed by atoms with Gasteiger partial charge < -0.3 is 15.7 Å². The van der Waals surface area contributed by atoms with Crippen LogP contribution < -0.4 is 10.6 Å². The van der Waals surface area contributed by atoms with Crippen LogP contribution in [0.1, 0.15) is 18.4 Å². The third kappa shape index (κ3) is 3.65. The van der Waals surface area contributed by atoms with Crippen LogP contribution in [0.15, 0.2) is 36.7 Å². The van der Waals surface area contributed by atoms with Crippen molar-refractivity contribution in [2.75, 3.05) is 11.9 Å². The minimum atomic E-state index is -4.57. The number of phenolic OH excluding ortho intramolecular Hbond substituents is 1. The maximum Gasteiger partial charge on any atom is 0.416 e. The molecule has 1 atom stereocenters. The van der Waals surface area contributed by atoms with Crippen LogP contribution in [0.4, 0.5) is 19.0 Å². The normalized spacial score (nSPS) is 17.2. The van der Waals surface area contributed by atoms with Gasteiger partial charge in [-0.3, -0.25) is 9.78 Å². The first-order valence-corrected chi connectivity index (χ1v) is 8.90. The summed E-state index contributed by atoms with van der Waals surface area (Å²) in [6.07, 6.45) is -0.0767. The van der Waals surface area contributed by atoms with Gasteiger partial charge in [0, 0.05) is 35.3 Å². The molecule has 0 unspecified atom stereocenters. The van der Waals surface area contributed by atoms with Crippen LogP contribution in [0.5, 0.6) is 5.75 Å². The van der Waals surface area contributed by atoms with E-state index < -0.39 is 23.5 Å². The second-order valence-corrected chi connectivity index (χ2v) is 6.68. The van der Waals surface area contributed by atoms with Gasteiger partial charge in [-0.05, 0) is 37.1 Å². The molecular formula is C19H16F3N5O2. The zero-order valence-electron chi connectivity index (χ0n) is 15.0. The molecular weight excluding hydrogens is 387 g/mol. The summed E-state index contributed by atoms with van der Waals surface area (Å²) >= 11 is 0. The Bertz CT molecular complexity index is 1090. The van der Waals surface area contributed by atoms with Gasteiger partial charge in [0.2, 0.25) is 5.91 Å². The van der Waals surface area contributed by atoms with Crippen LogP contribution in [0, 0.1) is 0 Å². The van der Waals surface area contributed by atoms with Crippen LogP contribution in [0.2, 0.25) is 0 Å². The number of aromatic nitrogens is 3. The molecule has 3 aromatic rings. The molecule has 0 bridgehead atoms. The van der Waals surface area contributed by atoms with Gasteiger partial charge >= 0.3 is 6.18 Å². The first kappa shape index (κ1) is 18.9. The molecule has 7 nitrogen and oxygen atoms in total. The standard InChI is InChI=1S/C19H16F3N5O2/c20-19(21,22)10-3-4-12(15(28)8-10)16-11-5-7-23-9-13(11)17(27-26-16)25-14-2-1-6-24-18(14)29/h3-5,7-9,14,28H,1-2,6H2,(H,24,29)(H,25,27)/t14-/m0/s1. The van der Waals surface area contributed by atoms with Crippen molar-refractivity contribution in [3.8, 4) is 17.0 Å². The van der Waals surface area contributed by atoms with Crippen LogP contribution >= 0.6 is 0 Å². The Morgan fingerprint density at radius 2 is 2.00 bits per heavy atom. The summed E-state index contributed by atoms with van der Waals surface area (Å²) in [6, 6.07) is 3.85. The van der Waals surface area contributed by atoms with Gasteiger partial charge in [-0.15, -0.1) is 10.2 Å². The number of fused-ring (bicyclic) bond motifs is 1. The minimum absolute atomic E-state index is 0.114. The number of carbonyl (C=O) groups excluding carboxylic acids is 1. The molecule has 1 saturated heterocycles. The fourth-order valence-electron chi connectivity index (χ4n) is 3.29. The van der Waals surface area contributed by atoms with E-state index in [1.54, 1.807) is 6.07 Å². The van der Waals surface area contributed by atoms with E-state index in [-0.39, 0.29) is 17.2 Å². The number of nitrogens with one attached hydrogen (secondary N) is 2. The lowest BCUT2D eigenvalue weighted by Crippen LogP contribution is -2.44. The Balaban J connectivity index is 1.77. The van der Waals surface area contributed by atoms with Gasteiger partial charge in [0.1, 0.15) is 17.5 Å². The summed E-state index contributed by atoms with van der Waals surface area (Å²) < 4.78 is 38.6. The van der Waals surface area contributed by atoms with E-state index in [1.165, 1.54) is 12.4 Å². The lowest BCUT2D eigenvalue weighted by atomic mass is 10.0. The predicted molar refractivity (Wildman–Crippen MR) is 99.1 cm³/mol. The molecule has 1 amide bonds. The monoisotopic (exact) mass is 403 g/mol. The SMILES string of the molecule is O=C1NCCC[C@@H]1Nc1nnc(-c2ccc(C(F)(F)F)cc2O)c2ccncc12. The molecule has 2 aromatic heterocycles. The smallest absolute Gasteiger partial charge is 0.416 e. The second kappa shape index (κ2) is 7.19. The lowest BCUT2D eigenvalue weighted by molar-refractivity contribution is -0.137. The van der Waals surface area contributed by atoms with Gasteiger partial charge in [-0.25, -0.2) is 0 Å². The van der Waals surface area contributed by atoms with E-state index in [4.69, 9.17) is 0 Å². The number of hydrogen-bond donors (Lipinski definition) is 3. The number of phenols is 1. The van der Waals surface area contributed by atoms with E-state index >= 15 is 0 Å². The number of anilines is 1. The van der Waals surface area contributed by atoms with Crippen LogP contribution in [0.25, 0.3) is 22.0 Å². The number of nitrogens with zero attached hydrogens (tertiary/aromatic N) is 3. The van der Waals surface area contributed by atoms with E-state index in [9.17, 15) is 23.1 Å². The number of carbonyl (C=O) groups is 1. The zero-order valence-corrected chi connectivity index (χ0v) is 15.0. The Labute approximate surface area is 163 Å². The molecule has 1 aliphatic heterocycles. The molecule has 1 fully saturated rings. The molecule has 3 heterocycles. The van der Waals surface area contributed by atoms with Crippen molar-refractivity contribution < 1.29 is 23.1 Å². The fourth-order valence-corrected chi connectivity index (χ4v) is 3.29. The molecule has 0 aliphatic carbocycles. The van der Waals surface area contributed by atoms with Crippen molar-refractivity contribution in [2.45, 2.75) is 25.1 Å². The molecule has 150 valence electrons. The quantitative estimate of drug-likeness (QED) is 0.622. The first-order valence-electron chi connectivity index (χ1n) is 8.90. The first-order chi connectivity index (χ1) is 13.8. The Kier molecular flexibility index (Phi) is 4.69. The molecule has 0 saturated carbocycles. The molecule has 29 heavy (non-hydrogen) atoms. The molecule has 0 radical (unpaired) electrons. The van der Waals surface area contributed by atoms with Crippen molar-refractivity contribution in [2.24, 2.45) is 0 Å². The second-order valence-electron chi connectivity index (χ2n) is 6.68. The summed E-state index contributed by atoms with van der Waals surface area (Å²) in [5, 5.41) is 25.3. The van der Waals surface area contributed by atoms with Crippen molar-refractivity contribution in [1.29, 1.82) is 0 Å². The number of pyridine rings is 1.